The van der Waals surface area contributed by atoms with Gasteiger partial charge in [0.15, 0.2) is 0 Å². The zero-order valence-corrected chi connectivity index (χ0v) is 16.6. The summed E-state index contributed by atoms with van der Waals surface area (Å²) < 4.78 is 16.2. The Labute approximate surface area is 166 Å². The normalized spacial score (nSPS) is 14.5. The molecule has 2 heterocycles. The number of nitrogens with one attached hydrogen (secondary N) is 2. The molecule has 0 bridgehead atoms. The molecule has 152 valence electrons. The lowest BCUT2D eigenvalue weighted by Gasteiger charge is -2.26. The molecule has 8 heteroatoms. The summed E-state index contributed by atoms with van der Waals surface area (Å²) >= 11 is 0. The van der Waals surface area contributed by atoms with E-state index in [1.807, 2.05) is 37.3 Å². The summed E-state index contributed by atoms with van der Waals surface area (Å²) in [5.74, 6) is 3.05. The van der Waals surface area contributed by atoms with Gasteiger partial charge in [0.2, 0.25) is 5.95 Å². The van der Waals surface area contributed by atoms with Gasteiger partial charge in [-0.3, -0.25) is 4.90 Å². The summed E-state index contributed by atoms with van der Waals surface area (Å²) in [7, 11) is 1.65. The first-order valence-corrected chi connectivity index (χ1v) is 9.63. The van der Waals surface area contributed by atoms with Gasteiger partial charge in [-0.1, -0.05) is 0 Å². The van der Waals surface area contributed by atoms with E-state index >= 15 is 0 Å². The first-order chi connectivity index (χ1) is 13.7. The smallest absolute Gasteiger partial charge is 0.224 e. The molecule has 1 aliphatic heterocycles. The second-order valence-electron chi connectivity index (χ2n) is 6.55. The Kier molecular flexibility index (Phi) is 7.69. The van der Waals surface area contributed by atoms with Crippen LogP contribution in [0.4, 0.5) is 11.8 Å². The molecule has 8 nitrogen and oxygen atoms in total. The van der Waals surface area contributed by atoms with E-state index in [4.69, 9.17) is 14.2 Å². The molecule has 3 rings (SSSR count). The van der Waals surface area contributed by atoms with Gasteiger partial charge in [-0.15, -0.1) is 0 Å². The first-order valence-electron chi connectivity index (χ1n) is 9.63. The van der Waals surface area contributed by atoms with E-state index in [-0.39, 0.29) is 0 Å². The maximum atomic E-state index is 5.71. The second-order valence-corrected chi connectivity index (χ2v) is 6.55. The fraction of sp³-hybridized carbons (Fsp3) is 0.500. The number of hydrogen-bond acceptors (Lipinski definition) is 8. The SMILES string of the molecule is COc1ccc(OCCNc2nc(C)cc(NCCN3CCOCC3)n2)cc1. The van der Waals surface area contributed by atoms with Gasteiger partial charge in [-0.05, 0) is 31.2 Å². The van der Waals surface area contributed by atoms with E-state index in [0.29, 0.717) is 19.1 Å². The van der Waals surface area contributed by atoms with Gasteiger partial charge < -0.3 is 24.8 Å². The summed E-state index contributed by atoms with van der Waals surface area (Å²) in [6.07, 6.45) is 0. The molecule has 0 atom stereocenters. The van der Waals surface area contributed by atoms with E-state index in [1.165, 1.54) is 0 Å². The number of hydrogen-bond donors (Lipinski definition) is 2. The number of aromatic nitrogens is 2. The van der Waals surface area contributed by atoms with Crippen LogP contribution in [0.5, 0.6) is 11.5 Å². The molecule has 1 saturated heterocycles. The van der Waals surface area contributed by atoms with Crippen molar-refractivity contribution in [3.63, 3.8) is 0 Å². The molecule has 2 aromatic rings. The Morgan fingerprint density at radius 2 is 1.79 bits per heavy atom. The minimum Gasteiger partial charge on any atom is -0.497 e. The second kappa shape index (κ2) is 10.7. The molecule has 1 aromatic carbocycles. The lowest BCUT2D eigenvalue weighted by atomic mass is 10.3. The lowest BCUT2D eigenvalue weighted by Crippen LogP contribution is -2.39. The van der Waals surface area contributed by atoms with Gasteiger partial charge in [-0.25, -0.2) is 4.98 Å². The van der Waals surface area contributed by atoms with E-state index in [9.17, 15) is 0 Å². The molecule has 0 amide bonds. The highest BCUT2D eigenvalue weighted by atomic mass is 16.5. The summed E-state index contributed by atoms with van der Waals surface area (Å²) in [4.78, 5) is 11.4. The van der Waals surface area contributed by atoms with Gasteiger partial charge in [0.1, 0.15) is 23.9 Å². The highest BCUT2D eigenvalue weighted by molar-refractivity contribution is 5.42. The molecule has 0 unspecified atom stereocenters. The van der Waals surface area contributed by atoms with Crippen molar-refractivity contribution in [2.75, 3.05) is 70.3 Å². The van der Waals surface area contributed by atoms with Crippen molar-refractivity contribution in [1.29, 1.82) is 0 Å². The van der Waals surface area contributed by atoms with Crippen molar-refractivity contribution >= 4 is 11.8 Å². The molecule has 2 N–H and O–H groups in total. The van der Waals surface area contributed by atoms with Crippen molar-refractivity contribution in [2.45, 2.75) is 6.92 Å². The van der Waals surface area contributed by atoms with Gasteiger partial charge in [-0.2, -0.15) is 4.98 Å². The van der Waals surface area contributed by atoms with Gasteiger partial charge in [0.05, 0.1) is 26.9 Å². The maximum absolute atomic E-state index is 5.71. The van der Waals surface area contributed by atoms with Crippen LogP contribution in [0.15, 0.2) is 30.3 Å². The Morgan fingerprint density at radius 3 is 2.54 bits per heavy atom. The number of ether oxygens (including phenoxy) is 3. The molecule has 0 radical (unpaired) electrons. The van der Waals surface area contributed by atoms with Gasteiger partial charge in [0, 0.05) is 37.9 Å². The topological polar surface area (TPSA) is 80.8 Å². The molecule has 1 aromatic heterocycles. The third kappa shape index (κ3) is 6.54. The minimum absolute atomic E-state index is 0.517. The molecule has 0 spiro atoms. The number of aryl methyl sites for hydroxylation is 1. The summed E-state index contributed by atoms with van der Waals surface area (Å²) in [5, 5.41) is 6.60. The average Bonchev–Trinajstić information content (AvgIpc) is 2.72. The fourth-order valence-electron chi connectivity index (χ4n) is 2.91. The lowest BCUT2D eigenvalue weighted by molar-refractivity contribution is 0.0398. The van der Waals surface area contributed by atoms with Crippen molar-refractivity contribution < 1.29 is 14.2 Å². The van der Waals surface area contributed by atoms with Gasteiger partial charge in [0.25, 0.3) is 0 Å². The largest absolute Gasteiger partial charge is 0.497 e. The van der Waals surface area contributed by atoms with Crippen LogP contribution < -0.4 is 20.1 Å². The monoisotopic (exact) mass is 387 g/mol. The predicted octanol–water partition coefficient (Wildman–Crippen LogP) is 2.03. The number of anilines is 2. The number of methoxy groups -OCH3 is 1. The average molecular weight is 387 g/mol. The highest BCUT2D eigenvalue weighted by Gasteiger charge is 2.09. The quantitative estimate of drug-likeness (QED) is 0.600. The van der Waals surface area contributed by atoms with E-state index in [2.05, 4.69) is 25.5 Å². The van der Waals surface area contributed by atoms with Crippen LogP contribution in [0.25, 0.3) is 0 Å². The van der Waals surface area contributed by atoms with Crippen molar-refractivity contribution in [3.05, 3.63) is 36.0 Å². The van der Waals surface area contributed by atoms with Gasteiger partial charge >= 0.3 is 0 Å². The zero-order chi connectivity index (χ0) is 19.6. The number of nitrogens with zero attached hydrogens (tertiary/aromatic N) is 3. The Bertz CT molecular complexity index is 720. The molecular weight excluding hydrogens is 358 g/mol. The van der Waals surface area contributed by atoms with Crippen molar-refractivity contribution in [2.24, 2.45) is 0 Å². The third-order valence-electron chi connectivity index (χ3n) is 4.41. The van der Waals surface area contributed by atoms with Crippen LogP contribution in [0, 0.1) is 6.92 Å². The van der Waals surface area contributed by atoms with Crippen LogP contribution in [-0.4, -0.2) is 74.5 Å². The van der Waals surface area contributed by atoms with E-state index in [1.54, 1.807) is 7.11 Å². The molecule has 0 saturated carbocycles. The van der Waals surface area contributed by atoms with Crippen LogP contribution in [-0.2, 0) is 4.74 Å². The predicted molar refractivity (Wildman–Crippen MR) is 109 cm³/mol. The van der Waals surface area contributed by atoms with Crippen LogP contribution in [0.1, 0.15) is 5.69 Å². The number of benzene rings is 1. The molecule has 0 aliphatic carbocycles. The number of rotatable bonds is 10. The Balaban J connectivity index is 1.40. The third-order valence-corrected chi connectivity index (χ3v) is 4.41. The fourth-order valence-corrected chi connectivity index (χ4v) is 2.91. The van der Waals surface area contributed by atoms with Crippen LogP contribution >= 0.6 is 0 Å². The van der Waals surface area contributed by atoms with Crippen molar-refractivity contribution in [3.8, 4) is 11.5 Å². The first kappa shape index (κ1) is 20.2. The van der Waals surface area contributed by atoms with Crippen LogP contribution in [0.3, 0.4) is 0 Å². The van der Waals surface area contributed by atoms with E-state index < -0.39 is 0 Å². The van der Waals surface area contributed by atoms with Crippen LogP contribution in [0.2, 0.25) is 0 Å². The molecule has 28 heavy (non-hydrogen) atoms. The molecule has 1 fully saturated rings. The molecular formula is C20H29N5O3. The Hall–Kier alpha value is -2.58. The highest BCUT2D eigenvalue weighted by Crippen LogP contribution is 2.17. The summed E-state index contributed by atoms with van der Waals surface area (Å²) in [5.41, 5.74) is 0.919. The minimum atomic E-state index is 0.517. The Morgan fingerprint density at radius 1 is 1.04 bits per heavy atom. The summed E-state index contributed by atoms with van der Waals surface area (Å²) in [6.45, 7) is 8.54. The zero-order valence-electron chi connectivity index (χ0n) is 16.6. The maximum Gasteiger partial charge on any atom is 0.224 e. The van der Waals surface area contributed by atoms with E-state index in [0.717, 1.165) is 62.4 Å². The standard InChI is InChI=1S/C20H29N5O3/c1-16-15-19(21-7-9-25-10-13-27-14-11-25)24-20(23-16)22-8-12-28-18-5-3-17(26-2)4-6-18/h3-6,15H,7-14H2,1-2H3,(H2,21,22,23,24). The number of morpholine rings is 1. The molecule has 1 aliphatic rings. The summed E-state index contributed by atoms with van der Waals surface area (Å²) in [6, 6.07) is 9.48. The van der Waals surface area contributed by atoms with Crippen molar-refractivity contribution in [1.82, 2.24) is 14.9 Å².